The van der Waals surface area contributed by atoms with Gasteiger partial charge in [-0.05, 0) is 53.0 Å². The minimum absolute atomic E-state index is 0.0596. The molecule has 2 unspecified atom stereocenters. The van der Waals surface area contributed by atoms with Gasteiger partial charge in [0.15, 0.2) is 0 Å². The van der Waals surface area contributed by atoms with E-state index in [4.69, 9.17) is 14.2 Å². The standard InChI is InChI=1S/C33H53N3O7/c1-14-42-30(39)22(4)20-25(21(2)3)35(11)29(38)26(23(5)41-13)34-28(37)27(36(12)31(40)43-32(6,7)8)33(9,10)24-18-16-15-17-19-24/h15-21,23,25-27H,14H2,1-13H3,(H,34,37)/b22-20+/t23?,25-,26?,27-/m1/s1. The predicted molar refractivity (Wildman–Crippen MR) is 167 cm³/mol. The van der Waals surface area contributed by atoms with Gasteiger partial charge in [-0.1, -0.05) is 64.1 Å². The molecule has 43 heavy (non-hydrogen) atoms. The molecule has 0 aliphatic heterocycles. The first-order valence-corrected chi connectivity index (χ1v) is 14.8. The number of amides is 3. The zero-order chi connectivity index (χ0) is 33.3. The van der Waals surface area contributed by atoms with Gasteiger partial charge in [0.05, 0.1) is 18.8 Å². The average Bonchev–Trinajstić information content (AvgIpc) is 2.92. The van der Waals surface area contributed by atoms with Crippen LogP contribution in [0.3, 0.4) is 0 Å². The van der Waals surface area contributed by atoms with Gasteiger partial charge in [0.2, 0.25) is 11.8 Å². The van der Waals surface area contributed by atoms with E-state index in [-0.39, 0.29) is 12.5 Å². The van der Waals surface area contributed by atoms with Gasteiger partial charge in [0.25, 0.3) is 0 Å². The van der Waals surface area contributed by atoms with Crippen molar-refractivity contribution in [2.24, 2.45) is 5.92 Å². The Hall–Kier alpha value is -3.40. The topological polar surface area (TPSA) is 114 Å². The molecule has 0 saturated carbocycles. The van der Waals surface area contributed by atoms with E-state index in [1.54, 1.807) is 54.7 Å². The zero-order valence-electron chi connectivity index (χ0n) is 28.3. The highest BCUT2D eigenvalue weighted by atomic mass is 16.6. The second-order valence-electron chi connectivity index (χ2n) is 12.8. The monoisotopic (exact) mass is 603 g/mol. The molecule has 1 rings (SSSR count). The maximum Gasteiger partial charge on any atom is 0.410 e. The lowest BCUT2D eigenvalue weighted by Gasteiger charge is -2.41. The largest absolute Gasteiger partial charge is 0.463 e. The van der Waals surface area contributed by atoms with Crippen LogP contribution in [0, 0.1) is 5.92 Å². The summed E-state index contributed by atoms with van der Waals surface area (Å²) in [6.45, 7) is 18.2. The molecule has 0 saturated heterocycles. The van der Waals surface area contributed by atoms with E-state index in [0.717, 1.165) is 5.56 Å². The quantitative estimate of drug-likeness (QED) is 0.257. The Balaban J connectivity index is 3.55. The number of benzene rings is 1. The van der Waals surface area contributed by atoms with E-state index >= 15 is 0 Å². The third kappa shape index (κ3) is 10.4. The number of nitrogens with one attached hydrogen (secondary N) is 1. The number of hydrogen-bond donors (Lipinski definition) is 1. The Morgan fingerprint density at radius 1 is 0.953 bits per heavy atom. The van der Waals surface area contributed by atoms with E-state index in [9.17, 15) is 19.2 Å². The molecular weight excluding hydrogens is 550 g/mol. The molecule has 0 heterocycles. The molecule has 1 aromatic rings. The molecule has 0 aliphatic carbocycles. The second-order valence-corrected chi connectivity index (χ2v) is 12.8. The Morgan fingerprint density at radius 3 is 1.98 bits per heavy atom. The summed E-state index contributed by atoms with van der Waals surface area (Å²) >= 11 is 0. The lowest BCUT2D eigenvalue weighted by atomic mass is 9.76. The maximum absolute atomic E-state index is 14.2. The third-order valence-electron chi connectivity index (χ3n) is 7.42. The van der Waals surface area contributed by atoms with Gasteiger partial charge in [-0.3, -0.25) is 14.5 Å². The molecule has 0 fully saturated rings. The summed E-state index contributed by atoms with van der Waals surface area (Å²) in [6.07, 6.45) is 0.319. The minimum Gasteiger partial charge on any atom is -0.463 e. The van der Waals surface area contributed by atoms with Gasteiger partial charge in [0, 0.05) is 32.2 Å². The van der Waals surface area contributed by atoms with E-state index in [1.165, 1.54) is 24.0 Å². The van der Waals surface area contributed by atoms with Gasteiger partial charge in [-0.2, -0.15) is 0 Å². The first-order valence-electron chi connectivity index (χ1n) is 14.8. The molecule has 0 bridgehead atoms. The van der Waals surface area contributed by atoms with Gasteiger partial charge in [0.1, 0.15) is 17.7 Å². The van der Waals surface area contributed by atoms with Gasteiger partial charge in [-0.15, -0.1) is 0 Å². The number of rotatable bonds is 13. The summed E-state index contributed by atoms with van der Waals surface area (Å²) in [5.41, 5.74) is -0.461. The van der Waals surface area contributed by atoms with Crippen molar-refractivity contribution in [3.63, 3.8) is 0 Å². The number of carbonyl (C=O) groups excluding carboxylic acids is 4. The number of methoxy groups -OCH3 is 1. The maximum atomic E-state index is 14.2. The second kappa shape index (κ2) is 15.9. The van der Waals surface area contributed by atoms with Crippen LogP contribution in [-0.4, -0.2) is 91.3 Å². The van der Waals surface area contributed by atoms with Crippen molar-refractivity contribution >= 4 is 23.9 Å². The fraction of sp³-hybridized carbons (Fsp3) is 0.636. The van der Waals surface area contributed by atoms with Crippen molar-refractivity contribution in [2.75, 3.05) is 27.8 Å². The van der Waals surface area contributed by atoms with E-state index < -0.39 is 59.1 Å². The molecular formula is C33H53N3O7. The molecule has 4 atom stereocenters. The summed E-state index contributed by atoms with van der Waals surface area (Å²) in [5, 5.41) is 2.90. The van der Waals surface area contributed by atoms with Crippen LogP contribution in [0.25, 0.3) is 0 Å². The number of likely N-dealkylation sites (N-methyl/N-ethyl adjacent to an activating group) is 2. The highest BCUT2D eigenvalue weighted by molar-refractivity contribution is 5.93. The van der Waals surface area contributed by atoms with Crippen LogP contribution < -0.4 is 5.32 Å². The van der Waals surface area contributed by atoms with Crippen molar-refractivity contribution in [3.8, 4) is 0 Å². The Kier molecular flexibility index (Phi) is 13.9. The van der Waals surface area contributed by atoms with Crippen LogP contribution in [0.2, 0.25) is 0 Å². The van der Waals surface area contributed by atoms with Crippen LogP contribution in [-0.2, 0) is 34.0 Å². The molecule has 0 aromatic heterocycles. The molecule has 3 amide bonds. The van der Waals surface area contributed by atoms with Crippen molar-refractivity contribution in [1.29, 1.82) is 0 Å². The SMILES string of the molecule is CCOC(=O)/C(C)=C/[C@H](C(C)C)N(C)C(=O)C(NC(=O)[C@@H](N(C)C(=O)OC(C)(C)C)C(C)(C)c1ccccc1)C(C)OC. The van der Waals surface area contributed by atoms with E-state index in [1.807, 2.05) is 58.0 Å². The molecule has 0 radical (unpaired) electrons. The summed E-state index contributed by atoms with van der Waals surface area (Å²) in [5.74, 6) is -1.47. The van der Waals surface area contributed by atoms with Gasteiger partial charge in [-0.25, -0.2) is 9.59 Å². The average molecular weight is 604 g/mol. The molecule has 1 N–H and O–H groups in total. The summed E-state index contributed by atoms with van der Waals surface area (Å²) in [4.78, 5) is 56.6. The zero-order valence-corrected chi connectivity index (χ0v) is 28.3. The molecule has 1 aromatic carbocycles. The first-order chi connectivity index (χ1) is 19.8. The minimum atomic E-state index is -1.10. The van der Waals surface area contributed by atoms with Crippen molar-refractivity contribution in [3.05, 3.63) is 47.5 Å². The number of ether oxygens (including phenoxy) is 3. The van der Waals surface area contributed by atoms with Crippen molar-refractivity contribution < 1.29 is 33.4 Å². The predicted octanol–water partition coefficient (Wildman–Crippen LogP) is 4.71. The van der Waals surface area contributed by atoms with Gasteiger partial charge < -0.3 is 24.4 Å². The smallest absolute Gasteiger partial charge is 0.410 e. The summed E-state index contributed by atoms with van der Waals surface area (Å²) < 4.78 is 16.3. The van der Waals surface area contributed by atoms with Crippen LogP contribution in [0.15, 0.2) is 42.0 Å². The number of carbonyl (C=O) groups is 4. The normalized spacial score (nSPS) is 15.2. The third-order valence-corrected chi connectivity index (χ3v) is 7.42. The Bertz CT molecular complexity index is 1130. The Morgan fingerprint density at radius 2 is 1.51 bits per heavy atom. The number of nitrogens with zero attached hydrogens (tertiary/aromatic N) is 2. The van der Waals surface area contributed by atoms with Crippen molar-refractivity contribution in [2.45, 2.75) is 104 Å². The van der Waals surface area contributed by atoms with Crippen molar-refractivity contribution in [1.82, 2.24) is 15.1 Å². The highest BCUT2D eigenvalue weighted by Gasteiger charge is 2.45. The number of esters is 1. The molecule has 0 aliphatic rings. The summed E-state index contributed by atoms with van der Waals surface area (Å²) in [6, 6.07) is 6.77. The lowest BCUT2D eigenvalue weighted by Crippen LogP contribution is -2.63. The van der Waals surface area contributed by atoms with Crippen LogP contribution in [0.5, 0.6) is 0 Å². The van der Waals surface area contributed by atoms with E-state index in [2.05, 4.69) is 5.32 Å². The fourth-order valence-electron chi connectivity index (χ4n) is 4.89. The van der Waals surface area contributed by atoms with Gasteiger partial charge >= 0.3 is 12.1 Å². The lowest BCUT2D eigenvalue weighted by molar-refractivity contribution is -0.142. The molecule has 242 valence electrons. The van der Waals surface area contributed by atoms with Crippen LogP contribution in [0.4, 0.5) is 4.79 Å². The highest BCUT2D eigenvalue weighted by Crippen LogP contribution is 2.31. The van der Waals surface area contributed by atoms with Crippen LogP contribution in [0.1, 0.15) is 74.8 Å². The Labute approximate surface area is 258 Å². The molecule has 10 heteroatoms. The summed E-state index contributed by atoms with van der Waals surface area (Å²) in [7, 11) is 4.60. The molecule has 10 nitrogen and oxygen atoms in total. The number of hydrogen-bond acceptors (Lipinski definition) is 7. The molecule has 0 spiro atoms. The van der Waals surface area contributed by atoms with E-state index in [0.29, 0.717) is 5.57 Å². The fourth-order valence-corrected chi connectivity index (χ4v) is 4.89. The van der Waals surface area contributed by atoms with Crippen LogP contribution >= 0.6 is 0 Å². The first kappa shape index (κ1) is 37.6.